The summed E-state index contributed by atoms with van der Waals surface area (Å²) in [7, 11) is 1.54. The van der Waals surface area contributed by atoms with E-state index in [0.29, 0.717) is 12.3 Å². The summed E-state index contributed by atoms with van der Waals surface area (Å²) in [5, 5.41) is 0. The molecule has 1 unspecified atom stereocenters. The molecule has 0 aromatic carbocycles. The molecule has 1 heterocycles. The number of rotatable bonds is 4. The molecule has 0 fully saturated rings. The summed E-state index contributed by atoms with van der Waals surface area (Å²) in [5.74, 6) is 0.518. The molecule has 2 N–H and O–H groups in total. The van der Waals surface area contributed by atoms with Crippen molar-refractivity contribution in [3.63, 3.8) is 0 Å². The van der Waals surface area contributed by atoms with Gasteiger partial charge in [-0.05, 0) is 28.4 Å². The molecule has 0 saturated carbocycles. The highest BCUT2D eigenvalue weighted by atomic mass is 79.9. The van der Waals surface area contributed by atoms with Crippen LogP contribution in [-0.2, 0) is 11.2 Å². The number of carbonyl (C=O) groups is 1. The lowest BCUT2D eigenvalue weighted by Crippen LogP contribution is -2.22. The summed E-state index contributed by atoms with van der Waals surface area (Å²) < 4.78 is 10.7. The summed E-state index contributed by atoms with van der Waals surface area (Å²) in [5.41, 5.74) is 5.88. The highest BCUT2D eigenvalue weighted by molar-refractivity contribution is 9.10. The Morgan fingerprint density at radius 3 is 2.94 bits per heavy atom. The van der Waals surface area contributed by atoms with Crippen molar-refractivity contribution in [1.82, 2.24) is 4.98 Å². The molecule has 0 aliphatic heterocycles. The van der Waals surface area contributed by atoms with Crippen LogP contribution in [-0.4, -0.2) is 24.3 Å². The maximum Gasteiger partial charge on any atom is 0.404 e. The minimum atomic E-state index is -0.773. The van der Waals surface area contributed by atoms with Gasteiger partial charge in [0.2, 0.25) is 5.88 Å². The van der Waals surface area contributed by atoms with Crippen molar-refractivity contribution in [2.24, 2.45) is 5.73 Å². The fourth-order valence-corrected chi connectivity index (χ4v) is 1.65. The summed E-state index contributed by atoms with van der Waals surface area (Å²) in [6.07, 6.45) is 1.12. The van der Waals surface area contributed by atoms with Gasteiger partial charge in [-0.25, -0.2) is 9.78 Å². The Morgan fingerprint density at radius 1 is 1.69 bits per heavy atom. The average molecular weight is 289 g/mol. The number of primary amides is 1. The smallest absolute Gasteiger partial charge is 0.404 e. The molecular formula is C10H13BrN2O3. The molecule has 1 amide bonds. The van der Waals surface area contributed by atoms with E-state index >= 15 is 0 Å². The summed E-state index contributed by atoms with van der Waals surface area (Å²) in [6.45, 7) is 1.77. The van der Waals surface area contributed by atoms with E-state index in [1.807, 2.05) is 0 Å². The molecule has 0 spiro atoms. The van der Waals surface area contributed by atoms with Crippen LogP contribution in [0.1, 0.15) is 12.5 Å². The summed E-state index contributed by atoms with van der Waals surface area (Å²) in [4.78, 5) is 14.6. The molecule has 0 bridgehead atoms. The van der Waals surface area contributed by atoms with Gasteiger partial charge < -0.3 is 15.2 Å². The second kappa shape index (κ2) is 5.69. The molecule has 16 heavy (non-hydrogen) atoms. The van der Waals surface area contributed by atoms with Gasteiger partial charge in [0, 0.05) is 23.2 Å². The number of amides is 1. The van der Waals surface area contributed by atoms with E-state index in [4.69, 9.17) is 15.2 Å². The van der Waals surface area contributed by atoms with Crippen molar-refractivity contribution in [3.05, 3.63) is 22.3 Å². The molecular weight excluding hydrogens is 276 g/mol. The Labute approximate surface area is 102 Å². The summed E-state index contributed by atoms with van der Waals surface area (Å²) in [6, 6.07) is 1.78. The van der Waals surface area contributed by atoms with Crippen LogP contribution in [0.25, 0.3) is 0 Å². The Kier molecular flexibility index (Phi) is 4.54. The van der Waals surface area contributed by atoms with Crippen molar-refractivity contribution in [3.8, 4) is 5.88 Å². The van der Waals surface area contributed by atoms with Crippen molar-refractivity contribution in [2.75, 3.05) is 7.11 Å². The third-order valence-electron chi connectivity index (χ3n) is 1.94. The lowest BCUT2D eigenvalue weighted by atomic mass is 10.1. The van der Waals surface area contributed by atoms with Crippen LogP contribution in [0.3, 0.4) is 0 Å². The van der Waals surface area contributed by atoms with E-state index in [1.54, 1.807) is 26.3 Å². The van der Waals surface area contributed by atoms with Crippen LogP contribution in [0.2, 0.25) is 0 Å². The number of aromatic nitrogens is 1. The molecule has 0 radical (unpaired) electrons. The average Bonchev–Trinajstić information content (AvgIpc) is 2.20. The molecule has 6 heteroatoms. The fraction of sp³-hybridized carbons (Fsp3) is 0.400. The van der Waals surface area contributed by atoms with Crippen LogP contribution < -0.4 is 10.5 Å². The van der Waals surface area contributed by atoms with Crippen molar-refractivity contribution < 1.29 is 14.3 Å². The quantitative estimate of drug-likeness (QED) is 0.918. The van der Waals surface area contributed by atoms with E-state index in [-0.39, 0.29) is 6.10 Å². The number of hydrogen-bond acceptors (Lipinski definition) is 4. The Hall–Kier alpha value is -1.30. The Balaban J connectivity index is 2.75. The number of nitrogens with two attached hydrogens (primary N) is 1. The monoisotopic (exact) mass is 288 g/mol. The van der Waals surface area contributed by atoms with Crippen molar-refractivity contribution in [2.45, 2.75) is 19.4 Å². The van der Waals surface area contributed by atoms with Crippen molar-refractivity contribution >= 4 is 22.0 Å². The van der Waals surface area contributed by atoms with Gasteiger partial charge in [-0.1, -0.05) is 0 Å². The van der Waals surface area contributed by atoms with E-state index < -0.39 is 6.09 Å². The minimum absolute atomic E-state index is 0.291. The number of methoxy groups -OCH3 is 1. The lowest BCUT2D eigenvalue weighted by Gasteiger charge is -2.12. The number of carbonyl (C=O) groups excluding carboxylic acids is 1. The maximum atomic E-state index is 10.6. The third-order valence-corrected chi connectivity index (χ3v) is 2.66. The lowest BCUT2D eigenvalue weighted by molar-refractivity contribution is 0.116. The van der Waals surface area contributed by atoms with Gasteiger partial charge in [-0.2, -0.15) is 0 Å². The van der Waals surface area contributed by atoms with Gasteiger partial charge in [0.25, 0.3) is 0 Å². The van der Waals surface area contributed by atoms with E-state index in [0.717, 1.165) is 10.0 Å². The first-order valence-corrected chi connectivity index (χ1v) is 5.46. The Bertz CT molecular complexity index is 384. The van der Waals surface area contributed by atoms with Gasteiger partial charge in [-0.15, -0.1) is 0 Å². The van der Waals surface area contributed by atoms with Gasteiger partial charge in [-0.3, -0.25) is 0 Å². The minimum Gasteiger partial charge on any atom is -0.481 e. The zero-order chi connectivity index (χ0) is 12.1. The topological polar surface area (TPSA) is 74.4 Å². The van der Waals surface area contributed by atoms with Gasteiger partial charge >= 0.3 is 6.09 Å². The first-order valence-electron chi connectivity index (χ1n) is 4.67. The molecule has 1 atom stereocenters. The van der Waals surface area contributed by atoms with Crippen molar-refractivity contribution in [1.29, 1.82) is 0 Å². The molecule has 0 aliphatic rings. The maximum absolute atomic E-state index is 10.6. The second-order valence-electron chi connectivity index (χ2n) is 3.27. The molecule has 0 aliphatic carbocycles. The normalized spacial score (nSPS) is 11.9. The number of ether oxygens (including phenoxy) is 2. The highest BCUT2D eigenvalue weighted by Crippen LogP contribution is 2.21. The van der Waals surface area contributed by atoms with Gasteiger partial charge in [0.05, 0.1) is 7.11 Å². The van der Waals surface area contributed by atoms with E-state index in [9.17, 15) is 4.79 Å². The zero-order valence-corrected chi connectivity index (χ0v) is 10.7. The molecule has 1 aromatic heterocycles. The molecule has 1 aromatic rings. The molecule has 5 nitrogen and oxygen atoms in total. The van der Waals surface area contributed by atoms with Crippen LogP contribution in [0.4, 0.5) is 4.79 Å². The molecule has 0 saturated heterocycles. The standard InChI is InChI=1S/C10H13BrN2O3/c1-6(16-10(12)14)3-7-4-9(15-2)13-5-8(7)11/h4-6H,3H2,1-2H3,(H2,12,14). The van der Waals surface area contributed by atoms with Gasteiger partial charge in [0.15, 0.2) is 0 Å². The SMILES string of the molecule is COc1cc(CC(C)OC(N)=O)c(Br)cn1. The number of pyridine rings is 1. The predicted octanol–water partition coefficient (Wildman–Crippen LogP) is 1.88. The number of nitrogens with zero attached hydrogens (tertiary/aromatic N) is 1. The zero-order valence-electron chi connectivity index (χ0n) is 9.07. The third kappa shape index (κ3) is 3.69. The van der Waals surface area contributed by atoms with Gasteiger partial charge in [0.1, 0.15) is 6.10 Å². The first-order chi connectivity index (χ1) is 7.52. The van der Waals surface area contributed by atoms with Crippen LogP contribution in [0.5, 0.6) is 5.88 Å². The van der Waals surface area contributed by atoms with Crippen LogP contribution >= 0.6 is 15.9 Å². The summed E-state index contributed by atoms with van der Waals surface area (Å²) >= 11 is 3.36. The predicted molar refractivity (Wildman–Crippen MR) is 62.3 cm³/mol. The Morgan fingerprint density at radius 2 is 2.38 bits per heavy atom. The number of halogens is 1. The number of hydrogen-bond donors (Lipinski definition) is 1. The van der Waals surface area contributed by atoms with E-state index in [1.165, 1.54) is 0 Å². The highest BCUT2D eigenvalue weighted by Gasteiger charge is 2.11. The first kappa shape index (κ1) is 12.8. The van der Waals surface area contributed by atoms with E-state index in [2.05, 4.69) is 20.9 Å². The second-order valence-corrected chi connectivity index (χ2v) is 4.12. The molecule has 1 rings (SSSR count). The van der Waals surface area contributed by atoms with Crippen LogP contribution in [0.15, 0.2) is 16.7 Å². The largest absolute Gasteiger partial charge is 0.481 e. The molecule has 88 valence electrons. The van der Waals surface area contributed by atoms with Crippen LogP contribution in [0, 0.1) is 0 Å². The fourth-order valence-electron chi connectivity index (χ4n) is 1.28.